The number of hydrogen-bond acceptors (Lipinski definition) is 6. The van der Waals surface area contributed by atoms with Crippen LogP contribution in [-0.4, -0.2) is 21.2 Å². The van der Waals surface area contributed by atoms with Gasteiger partial charge in [-0.2, -0.15) is 0 Å². The van der Waals surface area contributed by atoms with Crippen molar-refractivity contribution in [1.82, 2.24) is 20.5 Å². The van der Waals surface area contributed by atoms with Crippen molar-refractivity contribution in [2.45, 2.75) is 6.54 Å². The number of hydrogen-bond donors (Lipinski definition) is 2. The van der Waals surface area contributed by atoms with E-state index in [1.807, 2.05) is 0 Å². The number of halogens is 2. The minimum atomic E-state index is -0.370. The van der Waals surface area contributed by atoms with Crippen molar-refractivity contribution >= 4 is 34.9 Å². The fourth-order valence-corrected chi connectivity index (χ4v) is 2.98. The Kier molecular flexibility index (Phi) is 6.30. The molecule has 0 unspecified atom stereocenters. The average Bonchev–Trinajstić information content (AvgIpc) is 3.30. The van der Waals surface area contributed by atoms with E-state index >= 15 is 0 Å². The van der Waals surface area contributed by atoms with E-state index < -0.39 is 0 Å². The Balaban J connectivity index is 1.37. The van der Waals surface area contributed by atoms with Gasteiger partial charge in [-0.3, -0.25) is 4.98 Å². The fraction of sp³-hybridized carbons (Fsp3) is 0.0476. The van der Waals surface area contributed by atoms with Crippen molar-refractivity contribution in [2.24, 2.45) is 0 Å². The lowest BCUT2D eigenvalue weighted by molar-refractivity contribution is 0.251. The van der Waals surface area contributed by atoms with Crippen LogP contribution < -0.4 is 15.4 Å². The van der Waals surface area contributed by atoms with Crippen molar-refractivity contribution in [1.29, 1.82) is 0 Å². The van der Waals surface area contributed by atoms with Gasteiger partial charge in [-0.15, -0.1) is 10.2 Å². The van der Waals surface area contributed by atoms with Gasteiger partial charge in [0.2, 0.25) is 6.39 Å². The highest BCUT2D eigenvalue weighted by Gasteiger charge is 2.08. The molecule has 2 amide bonds. The van der Waals surface area contributed by atoms with Crippen LogP contribution in [0.15, 0.2) is 71.6 Å². The first-order chi connectivity index (χ1) is 15.1. The number of amides is 2. The number of pyridine rings is 1. The van der Waals surface area contributed by atoms with Gasteiger partial charge >= 0.3 is 6.03 Å². The van der Waals surface area contributed by atoms with Gasteiger partial charge in [0.25, 0.3) is 5.89 Å². The number of nitrogens with zero attached hydrogens (tertiary/aromatic N) is 3. The summed E-state index contributed by atoms with van der Waals surface area (Å²) in [6.45, 7) is 0.300. The summed E-state index contributed by atoms with van der Waals surface area (Å²) in [6, 6.07) is 15.2. The van der Waals surface area contributed by atoms with Crippen LogP contribution in [0.2, 0.25) is 10.0 Å². The number of anilines is 1. The molecule has 0 atom stereocenters. The Morgan fingerprint density at radius 2 is 1.90 bits per heavy atom. The van der Waals surface area contributed by atoms with Crippen LogP contribution in [0.4, 0.5) is 10.5 Å². The Labute approximate surface area is 187 Å². The molecule has 0 bridgehead atoms. The molecule has 0 aliphatic heterocycles. The maximum atomic E-state index is 12.2. The molecule has 0 aliphatic rings. The van der Waals surface area contributed by atoms with Gasteiger partial charge in [-0.25, -0.2) is 4.79 Å². The molecule has 31 heavy (non-hydrogen) atoms. The first-order valence-electron chi connectivity index (χ1n) is 9.06. The quantitative estimate of drug-likeness (QED) is 0.394. The molecule has 4 rings (SSSR count). The molecule has 0 saturated carbocycles. The number of urea groups is 1. The molecule has 4 aromatic rings. The summed E-state index contributed by atoms with van der Waals surface area (Å²) in [5.41, 5.74) is 1.89. The maximum Gasteiger partial charge on any atom is 0.319 e. The predicted octanol–water partition coefficient (Wildman–Crippen LogP) is 5.55. The average molecular weight is 456 g/mol. The second-order valence-electron chi connectivity index (χ2n) is 6.31. The number of ether oxygens (including phenoxy) is 1. The topological polar surface area (TPSA) is 102 Å². The van der Waals surface area contributed by atoms with Crippen LogP contribution in [0.25, 0.3) is 11.6 Å². The van der Waals surface area contributed by atoms with Gasteiger partial charge in [-0.05, 0) is 35.9 Å². The van der Waals surface area contributed by atoms with E-state index in [4.69, 9.17) is 32.4 Å². The fourth-order valence-electron chi connectivity index (χ4n) is 2.66. The molecule has 2 aromatic heterocycles. The lowest BCUT2D eigenvalue weighted by Crippen LogP contribution is -2.28. The van der Waals surface area contributed by atoms with E-state index in [0.717, 1.165) is 5.56 Å². The van der Waals surface area contributed by atoms with Crippen LogP contribution in [0.3, 0.4) is 0 Å². The largest absolute Gasteiger partial charge is 0.457 e. The van der Waals surface area contributed by atoms with Crippen molar-refractivity contribution in [3.63, 3.8) is 0 Å². The van der Waals surface area contributed by atoms with Crippen molar-refractivity contribution < 1.29 is 13.9 Å². The zero-order chi connectivity index (χ0) is 21.6. The summed E-state index contributed by atoms with van der Waals surface area (Å²) in [5, 5.41) is 13.9. The Hall–Kier alpha value is -3.62. The highest BCUT2D eigenvalue weighted by atomic mass is 35.5. The molecule has 0 aliphatic carbocycles. The second-order valence-corrected chi connectivity index (χ2v) is 7.12. The SMILES string of the molecule is O=C(NCc1ccc(Cl)c(Cl)c1)Nc1cccc(Oc2ccnc(-c3nnco3)c2)c1. The molecule has 0 spiro atoms. The molecule has 10 heteroatoms. The third kappa shape index (κ3) is 5.50. The molecule has 156 valence electrons. The van der Waals surface area contributed by atoms with E-state index in [1.165, 1.54) is 6.39 Å². The standard InChI is InChI=1S/C21H15Cl2N5O3/c22-17-5-4-13(8-18(17)23)11-25-21(29)27-14-2-1-3-15(9-14)31-16-6-7-24-19(10-16)20-28-26-12-30-20/h1-10,12H,11H2,(H2,25,27,29). The Morgan fingerprint density at radius 1 is 1.03 bits per heavy atom. The predicted molar refractivity (Wildman–Crippen MR) is 116 cm³/mol. The Bertz CT molecular complexity index is 1200. The van der Waals surface area contributed by atoms with Crippen molar-refractivity contribution in [3.8, 4) is 23.1 Å². The van der Waals surface area contributed by atoms with E-state index in [2.05, 4.69) is 25.8 Å². The third-order valence-electron chi connectivity index (χ3n) is 4.08. The number of rotatable bonds is 6. The monoisotopic (exact) mass is 455 g/mol. The first kappa shape index (κ1) is 20.6. The summed E-state index contributed by atoms with van der Waals surface area (Å²) >= 11 is 11.9. The molecular weight excluding hydrogens is 441 g/mol. The molecule has 2 heterocycles. The second kappa shape index (κ2) is 9.46. The summed E-state index contributed by atoms with van der Waals surface area (Å²) in [6.07, 6.45) is 2.81. The van der Waals surface area contributed by atoms with Gasteiger partial charge in [0.15, 0.2) is 0 Å². The van der Waals surface area contributed by atoms with E-state index in [0.29, 0.717) is 45.4 Å². The first-order valence-corrected chi connectivity index (χ1v) is 9.82. The molecule has 0 saturated heterocycles. The normalized spacial score (nSPS) is 10.5. The molecule has 0 fully saturated rings. The van der Waals surface area contributed by atoms with Gasteiger partial charge in [0.1, 0.15) is 17.2 Å². The number of carbonyl (C=O) groups excluding carboxylic acids is 1. The maximum absolute atomic E-state index is 12.2. The summed E-state index contributed by atoms with van der Waals surface area (Å²) in [7, 11) is 0. The van der Waals surface area contributed by atoms with Crippen LogP contribution in [0.1, 0.15) is 5.56 Å². The number of aromatic nitrogens is 3. The lowest BCUT2D eigenvalue weighted by Gasteiger charge is -2.10. The summed E-state index contributed by atoms with van der Waals surface area (Å²) < 4.78 is 11.0. The highest BCUT2D eigenvalue weighted by Crippen LogP contribution is 2.26. The molecule has 0 radical (unpaired) electrons. The van der Waals surface area contributed by atoms with Gasteiger partial charge < -0.3 is 19.8 Å². The van der Waals surface area contributed by atoms with E-state index in [1.54, 1.807) is 60.8 Å². The Morgan fingerprint density at radius 3 is 2.71 bits per heavy atom. The van der Waals surface area contributed by atoms with E-state index in [9.17, 15) is 4.79 Å². The number of carbonyl (C=O) groups is 1. The zero-order valence-electron chi connectivity index (χ0n) is 15.9. The molecular formula is C21H15Cl2N5O3. The van der Waals surface area contributed by atoms with Crippen molar-refractivity contribution in [2.75, 3.05) is 5.32 Å². The van der Waals surface area contributed by atoms with Crippen LogP contribution in [0.5, 0.6) is 11.5 Å². The molecule has 2 aromatic carbocycles. The summed E-state index contributed by atoms with van der Waals surface area (Å²) in [4.78, 5) is 16.4. The van der Waals surface area contributed by atoms with Crippen molar-refractivity contribution in [3.05, 3.63) is 82.8 Å². The van der Waals surface area contributed by atoms with Crippen LogP contribution in [0, 0.1) is 0 Å². The number of nitrogens with one attached hydrogen (secondary N) is 2. The van der Waals surface area contributed by atoms with E-state index in [-0.39, 0.29) is 6.03 Å². The minimum absolute atomic E-state index is 0.291. The van der Waals surface area contributed by atoms with Crippen LogP contribution in [-0.2, 0) is 6.54 Å². The van der Waals surface area contributed by atoms with Gasteiger partial charge in [-0.1, -0.05) is 35.3 Å². The summed E-state index contributed by atoms with van der Waals surface area (Å²) in [5.74, 6) is 1.36. The zero-order valence-corrected chi connectivity index (χ0v) is 17.4. The van der Waals surface area contributed by atoms with Crippen LogP contribution >= 0.6 is 23.2 Å². The smallest absolute Gasteiger partial charge is 0.319 e. The van der Waals surface area contributed by atoms with Gasteiger partial charge in [0, 0.05) is 30.6 Å². The lowest BCUT2D eigenvalue weighted by atomic mass is 10.2. The highest BCUT2D eigenvalue weighted by molar-refractivity contribution is 6.42. The third-order valence-corrected chi connectivity index (χ3v) is 4.81. The molecule has 8 nitrogen and oxygen atoms in total. The van der Waals surface area contributed by atoms with Gasteiger partial charge in [0.05, 0.1) is 10.0 Å². The molecule has 2 N–H and O–H groups in total. The minimum Gasteiger partial charge on any atom is -0.457 e. The number of benzene rings is 2.